The zero-order valence-electron chi connectivity index (χ0n) is 16.0. The Kier molecular flexibility index (Phi) is 5.50. The SMILES string of the molecule is CCOC(=O)c1ccc(N2NC(=O)/C(=C/c3cc([N+](=O)[O-])cc(C)c3O)C2=O)cc1. The van der Waals surface area contributed by atoms with Crippen molar-refractivity contribution in [3.05, 3.63) is 68.8 Å². The molecular formula is C20H17N3O7. The summed E-state index contributed by atoms with van der Waals surface area (Å²) in [5, 5.41) is 22.2. The second kappa shape index (κ2) is 8.03. The molecule has 10 heteroatoms. The van der Waals surface area contributed by atoms with E-state index in [1.54, 1.807) is 6.92 Å². The number of nitrogens with one attached hydrogen (secondary N) is 1. The van der Waals surface area contributed by atoms with Gasteiger partial charge in [-0.3, -0.25) is 25.1 Å². The van der Waals surface area contributed by atoms with Crippen LogP contribution in [-0.2, 0) is 14.3 Å². The van der Waals surface area contributed by atoms with Crippen LogP contribution in [0.4, 0.5) is 11.4 Å². The third kappa shape index (κ3) is 3.83. The number of carbonyl (C=O) groups is 3. The summed E-state index contributed by atoms with van der Waals surface area (Å²) in [5.74, 6) is -2.24. The lowest BCUT2D eigenvalue weighted by Crippen LogP contribution is -2.35. The first-order chi connectivity index (χ1) is 14.2. The van der Waals surface area contributed by atoms with Crippen molar-refractivity contribution < 1.29 is 29.2 Å². The molecule has 1 heterocycles. The normalized spacial score (nSPS) is 14.7. The molecule has 0 atom stereocenters. The molecule has 154 valence electrons. The molecule has 0 unspecified atom stereocenters. The summed E-state index contributed by atoms with van der Waals surface area (Å²) in [6.45, 7) is 3.37. The Balaban J connectivity index is 1.92. The molecule has 0 saturated carbocycles. The fourth-order valence-electron chi connectivity index (χ4n) is 2.86. The number of anilines is 1. The third-order valence-corrected chi connectivity index (χ3v) is 4.35. The Hall–Kier alpha value is -4.21. The zero-order chi connectivity index (χ0) is 22.0. The number of phenols is 1. The van der Waals surface area contributed by atoms with E-state index in [2.05, 4.69) is 5.43 Å². The van der Waals surface area contributed by atoms with Gasteiger partial charge in [0.05, 0.1) is 22.8 Å². The van der Waals surface area contributed by atoms with Crippen molar-refractivity contribution in [1.82, 2.24) is 5.43 Å². The predicted octanol–water partition coefficient (Wildman–Crippen LogP) is 2.25. The Morgan fingerprint density at radius 2 is 1.93 bits per heavy atom. The number of non-ortho nitro benzene ring substituents is 1. The van der Waals surface area contributed by atoms with Crippen molar-refractivity contribution in [2.45, 2.75) is 13.8 Å². The van der Waals surface area contributed by atoms with Gasteiger partial charge in [-0.25, -0.2) is 9.80 Å². The second-order valence-electron chi connectivity index (χ2n) is 6.36. The number of aryl methyl sites for hydroxylation is 1. The lowest BCUT2D eigenvalue weighted by Gasteiger charge is -2.14. The number of nitrogens with zero attached hydrogens (tertiary/aromatic N) is 2. The van der Waals surface area contributed by atoms with Gasteiger partial charge in [-0.2, -0.15) is 0 Å². The summed E-state index contributed by atoms with van der Waals surface area (Å²) in [4.78, 5) is 47.2. The molecule has 0 aliphatic carbocycles. The molecule has 1 aliphatic heterocycles. The summed E-state index contributed by atoms with van der Waals surface area (Å²) in [7, 11) is 0. The van der Waals surface area contributed by atoms with Gasteiger partial charge in [-0.15, -0.1) is 0 Å². The lowest BCUT2D eigenvalue weighted by molar-refractivity contribution is -0.384. The minimum atomic E-state index is -0.738. The Bertz CT molecular complexity index is 1090. The maximum atomic E-state index is 12.7. The molecule has 0 spiro atoms. The molecule has 1 aliphatic rings. The summed E-state index contributed by atoms with van der Waals surface area (Å²) in [6, 6.07) is 8.08. The number of ether oxygens (including phenoxy) is 1. The van der Waals surface area contributed by atoms with Crippen LogP contribution in [0.3, 0.4) is 0 Å². The van der Waals surface area contributed by atoms with Gasteiger partial charge in [0.1, 0.15) is 11.3 Å². The number of phenolic OH excluding ortho intramolecular Hbond substituents is 1. The van der Waals surface area contributed by atoms with E-state index in [0.717, 1.165) is 17.2 Å². The number of nitro benzene ring substituents is 1. The average molecular weight is 411 g/mol. The number of aromatic hydroxyl groups is 1. The number of esters is 1. The van der Waals surface area contributed by atoms with Crippen LogP contribution < -0.4 is 10.4 Å². The quantitative estimate of drug-likeness (QED) is 0.253. The second-order valence-corrected chi connectivity index (χ2v) is 6.36. The largest absolute Gasteiger partial charge is 0.507 e. The van der Waals surface area contributed by atoms with Crippen LogP contribution >= 0.6 is 0 Å². The zero-order valence-corrected chi connectivity index (χ0v) is 16.0. The first-order valence-corrected chi connectivity index (χ1v) is 8.85. The van der Waals surface area contributed by atoms with Crippen LogP contribution in [0.5, 0.6) is 5.75 Å². The highest BCUT2D eigenvalue weighted by atomic mass is 16.6. The van der Waals surface area contributed by atoms with E-state index in [0.29, 0.717) is 5.69 Å². The maximum Gasteiger partial charge on any atom is 0.338 e. The Labute approximate surface area is 170 Å². The monoisotopic (exact) mass is 411 g/mol. The standard InChI is InChI=1S/C20H17N3O7/c1-3-30-20(27)12-4-6-14(7-5-12)22-19(26)16(18(25)21-22)10-13-9-15(23(28)29)8-11(2)17(13)24/h4-10,24H,3H2,1-2H3,(H,21,25)/b16-10-. The summed E-state index contributed by atoms with van der Waals surface area (Å²) >= 11 is 0. The number of carbonyl (C=O) groups excluding carboxylic acids is 3. The summed E-state index contributed by atoms with van der Waals surface area (Å²) < 4.78 is 4.89. The highest BCUT2D eigenvalue weighted by molar-refractivity contribution is 6.31. The molecule has 2 amide bonds. The molecule has 1 fully saturated rings. The average Bonchev–Trinajstić information content (AvgIpc) is 2.99. The van der Waals surface area contributed by atoms with Gasteiger partial charge in [0.25, 0.3) is 17.5 Å². The molecule has 2 aromatic carbocycles. The van der Waals surface area contributed by atoms with E-state index >= 15 is 0 Å². The van der Waals surface area contributed by atoms with E-state index in [4.69, 9.17) is 4.74 Å². The van der Waals surface area contributed by atoms with Crippen LogP contribution in [-0.4, -0.2) is 34.4 Å². The van der Waals surface area contributed by atoms with Crippen molar-refractivity contribution >= 4 is 35.2 Å². The number of nitro groups is 1. The molecule has 0 radical (unpaired) electrons. The van der Waals surface area contributed by atoms with Crippen molar-refractivity contribution in [3.8, 4) is 5.75 Å². The number of hydrogen-bond donors (Lipinski definition) is 2. The first kappa shape index (κ1) is 20.5. The third-order valence-electron chi connectivity index (χ3n) is 4.35. The van der Waals surface area contributed by atoms with E-state index in [9.17, 15) is 29.6 Å². The molecule has 30 heavy (non-hydrogen) atoms. The van der Waals surface area contributed by atoms with Crippen molar-refractivity contribution in [2.75, 3.05) is 11.6 Å². The van der Waals surface area contributed by atoms with Crippen LogP contribution in [0.2, 0.25) is 0 Å². The van der Waals surface area contributed by atoms with E-state index in [1.165, 1.54) is 37.3 Å². The molecule has 1 saturated heterocycles. The van der Waals surface area contributed by atoms with Gasteiger partial charge in [-0.05, 0) is 49.8 Å². The van der Waals surface area contributed by atoms with Gasteiger partial charge in [-0.1, -0.05) is 0 Å². The van der Waals surface area contributed by atoms with Crippen molar-refractivity contribution in [3.63, 3.8) is 0 Å². The summed E-state index contributed by atoms with van der Waals surface area (Å²) in [6.07, 6.45) is 1.10. The van der Waals surface area contributed by atoms with Crippen LogP contribution in [0.1, 0.15) is 28.4 Å². The van der Waals surface area contributed by atoms with Gasteiger partial charge < -0.3 is 9.84 Å². The smallest absolute Gasteiger partial charge is 0.338 e. The minimum absolute atomic E-state index is 0.0280. The molecule has 0 aromatic heterocycles. The molecule has 10 nitrogen and oxygen atoms in total. The fraction of sp³-hybridized carbons (Fsp3) is 0.150. The van der Waals surface area contributed by atoms with Crippen LogP contribution in [0.25, 0.3) is 6.08 Å². The molecule has 0 bridgehead atoms. The van der Waals surface area contributed by atoms with Gasteiger partial charge in [0.2, 0.25) is 0 Å². The molecule has 3 rings (SSSR count). The highest BCUT2D eigenvalue weighted by Crippen LogP contribution is 2.31. The predicted molar refractivity (Wildman–Crippen MR) is 106 cm³/mol. The Morgan fingerprint density at radius 3 is 2.53 bits per heavy atom. The van der Waals surface area contributed by atoms with Crippen molar-refractivity contribution in [1.29, 1.82) is 0 Å². The Morgan fingerprint density at radius 1 is 1.27 bits per heavy atom. The van der Waals surface area contributed by atoms with E-state index in [-0.39, 0.29) is 40.3 Å². The molecule has 2 aromatic rings. The van der Waals surface area contributed by atoms with Gasteiger partial charge in [0.15, 0.2) is 0 Å². The number of rotatable bonds is 5. The van der Waals surface area contributed by atoms with Crippen LogP contribution in [0.15, 0.2) is 42.0 Å². The number of amides is 2. The minimum Gasteiger partial charge on any atom is -0.507 e. The van der Waals surface area contributed by atoms with Gasteiger partial charge in [0, 0.05) is 17.7 Å². The topological polar surface area (TPSA) is 139 Å². The summed E-state index contributed by atoms with van der Waals surface area (Å²) in [5.41, 5.74) is 2.57. The van der Waals surface area contributed by atoms with Crippen LogP contribution in [0, 0.1) is 17.0 Å². The number of hydrogen-bond acceptors (Lipinski definition) is 7. The highest BCUT2D eigenvalue weighted by Gasteiger charge is 2.35. The van der Waals surface area contributed by atoms with Gasteiger partial charge >= 0.3 is 5.97 Å². The number of benzene rings is 2. The molecule has 2 N–H and O–H groups in total. The van der Waals surface area contributed by atoms with E-state index in [1.807, 2.05) is 0 Å². The lowest BCUT2D eigenvalue weighted by atomic mass is 10.0. The molecular weight excluding hydrogens is 394 g/mol. The number of hydrazine groups is 1. The van der Waals surface area contributed by atoms with Crippen molar-refractivity contribution in [2.24, 2.45) is 0 Å². The maximum absolute atomic E-state index is 12.7. The first-order valence-electron chi connectivity index (χ1n) is 8.85. The fourth-order valence-corrected chi connectivity index (χ4v) is 2.86. The van der Waals surface area contributed by atoms with E-state index < -0.39 is 22.7 Å².